The predicted octanol–water partition coefficient (Wildman–Crippen LogP) is 21.5. The summed E-state index contributed by atoms with van der Waals surface area (Å²) >= 11 is 0. The highest BCUT2D eigenvalue weighted by atomic mass is 19.1. The third-order valence-corrected chi connectivity index (χ3v) is 16.4. The lowest BCUT2D eigenvalue weighted by molar-refractivity contribution is 0.483. The van der Waals surface area contributed by atoms with Crippen LogP contribution in [0, 0.1) is 11.6 Å². The Kier molecular flexibility index (Phi) is 14.2. The van der Waals surface area contributed by atoms with Gasteiger partial charge in [0, 0.05) is 47.3 Å². The van der Waals surface area contributed by atoms with Crippen LogP contribution in [0.3, 0.4) is 0 Å². The van der Waals surface area contributed by atoms with Crippen LogP contribution in [0.2, 0.25) is 0 Å². The molecule has 0 saturated heterocycles. The number of pyridine rings is 1. The number of fused-ring (bicyclic) bond motifs is 4. The molecule has 11 rings (SSSR count). The topological polar surface area (TPSA) is 33.1 Å². The summed E-state index contributed by atoms with van der Waals surface area (Å²) in [5.74, 6) is 1.37. The number of hydrogen-bond donors (Lipinski definition) is 0. The molecule has 420 valence electrons. The smallest absolute Gasteiger partial charge is 0.457 e. The summed E-state index contributed by atoms with van der Waals surface area (Å²) in [6.45, 7) is 35.8. The number of rotatable bonds is 10. The van der Waals surface area contributed by atoms with E-state index in [0.717, 1.165) is 84.3 Å². The van der Waals surface area contributed by atoms with Crippen LogP contribution in [0.15, 0.2) is 170 Å². The van der Waals surface area contributed by atoms with Crippen molar-refractivity contribution in [1.29, 1.82) is 0 Å². The highest BCUT2D eigenvalue weighted by molar-refractivity contribution is 6.09. The molecule has 0 bridgehead atoms. The largest absolute Gasteiger partial charge is 0.503 e. The molecule has 0 saturated carbocycles. The number of ether oxygens (including phenoxy) is 1. The fourth-order valence-corrected chi connectivity index (χ4v) is 11.4. The molecule has 0 aliphatic carbocycles. The lowest BCUT2D eigenvalue weighted by atomic mass is 9.79. The number of halogens is 2. The van der Waals surface area contributed by atoms with Gasteiger partial charge in [0.1, 0.15) is 29.0 Å². The molecule has 0 atom stereocenters. The Bertz CT molecular complexity index is 4210. The van der Waals surface area contributed by atoms with E-state index in [0.29, 0.717) is 22.6 Å². The Balaban J connectivity index is 1.20. The zero-order chi connectivity index (χ0) is 59.2. The lowest BCUT2D eigenvalue weighted by Gasteiger charge is -2.26. The normalized spacial score (nSPS) is 13.1. The molecule has 5 nitrogen and oxygen atoms in total. The van der Waals surface area contributed by atoms with E-state index in [4.69, 9.17) is 9.72 Å². The highest BCUT2D eigenvalue weighted by Crippen LogP contribution is 2.49. The van der Waals surface area contributed by atoms with Crippen LogP contribution in [0.4, 0.5) is 31.5 Å². The SMILES string of the molecule is CC(C)c1cc(-c2cc(C(C)(C)C)cc(-c3cc(F)cc(F)c3)c2[N+]2=C=[N+](c3cc(Oc4ccc5c6ccccc6n(-c6cc(C(C)(C)C)ccn6)c5c4)cc(-c4cc(C(C)(C)C)cc(C(C)(C)C)c4)c3)c3ccccc32)cc(C(C)C)c1. The van der Waals surface area contributed by atoms with Crippen LogP contribution in [-0.4, -0.2) is 15.6 Å². The summed E-state index contributed by atoms with van der Waals surface area (Å²) in [6, 6.07) is 60.0. The van der Waals surface area contributed by atoms with Gasteiger partial charge in [-0.2, -0.15) is 0 Å². The molecule has 0 spiro atoms. The molecule has 1 aliphatic rings. The summed E-state index contributed by atoms with van der Waals surface area (Å²) < 4.78 is 45.1. The zero-order valence-electron chi connectivity index (χ0n) is 51.3. The maximum absolute atomic E-state index is 15.7. The van der Waals surface area contributed by atoms with Crippen molar-refractivity contribution in [3.8, 4) is 50.7 Å². The third kappa shape index (κ3) is 11.1. The van der Waals surface area contributed by atoms with Gasteiger partial charge in [-0.3, -0.25) is 4.57 Å². The fraction of sp³-hybridized carbons (Fsp3) is 0.289. The Morgan fingerprint density at radius 3 is 1.57 bits per heavy atom. The summed E-state index contributed by atoms with van der Waals surface area (Å²) in [5, 5.41) is 2.23. The summed E-state index contributed by atoms with van der Waals surface area (Å²) in [7, 11) is 0. The van der Waals surface area contributed by atoms with E-state index in [2.05, 4.69) is 270 Å². The van der Waals surface area contributed by atoms with E-state index in [1.807, 2.05) is 12.3 Å². The molecular formula is C76H78F2N4O+2. The fourth-order valence-electron chi connectivity index (χ4n) is 11.4. The monoisotopic (exact) mass is 1100 g/mol. The number of benzene rings is 8. The minimum Gasteiger partial charge on any atom is -0.457 e. The minimum atomic E-state index is -0.643. The van der Waals surface area contributed by atoms with Gasteiger partial charge in [0.25, 0.3) is 11.4 Å². The van der Waals surface area contributed by atoms with Gasteiger partial charge in [-0.05, 0) is 159 Å². The van der Waals surface area contributed by atoms with E-state index >= 15 is 8.78 Å². The molecule has 7 heteroatoms. The van der Waals surface area contributed by atoms with Crippen molar-refractivity contribution < 1.29 is 13.5 Å². The first-order valence-electron chi connectivity index (χ1n) is 29.3. The van der Waals surface area contributed by atoms with E-state index in [9.17, 15) is 0 Å². The number of para-hydroxylation sites is 3. The molecule has 8 aromatic carbocycles. The number of hydrogen-bond acceptors (Lipinski definition) is 2. The van der Waals surface area contributed by atoms with E-state index < -0.39 is 11.6 Å². The van der Waals surface area contributed by atoms with Crippen LogP contribution in [-0.2, 0) is 21.7 Å². The van der Waals surface area contributed by atoms with Crippen LogP contribution >= 0.6 is 0 Å². The standard InChI is InChI=1S/C76H78F2N4O/c1-46(2)48-29-49(47(3)4)31-52(30-48)65-39-57(76(14,15)16)40-66(53-34-58(77)42-59(78)35-53)72(65)81-45-80(68-23-19-20-24-69(68)81)60-36-51(50-32-55(74(8,9)10)38-56(33-50)75(11,12)13)37-62(43-60)83-61-25-26-64-63-21-17-18-22-67(63)82(70(64)44-61)71-41-54(27-28-79-71)73(5,6)7/h17-44,46-47H,1-16H3/q+2. The second-order valence-electron chi connectivity index (χ2n) is 27.6. The van der Waals surface area contributed by atoms with Crippen molar-refractivity contribution in [3.05, 3.63) is 215 Å². The van der Waals surface area contributed by atoms with Gasteiger partial charge in [0.05, 0.1) is 28.2 Å². The van der Waals surface area contributed by atoms with Crippen molar-refractivity contribution in [2.75, 3.05) is 0 Å². The molecule has 2 aromatic heterocycles. The predicted molar refractivity (Wildman–Crippen MR) is 345 cm³/mol. The van der Waals surface area contributed by atoms with Crippen LogP contribution in [0.25, 0.3) is 61.0 Å². The first-order chi connectivity index (χ1) is 39.1. The molecular weight excluding hydrogens is 1020 g/mol. The van der Waals surface area contributed by atoms with Gasteiger partial charge in [-0.15, -0.1) is 0 Å². The first kappa shape index (κ1) is 56.6. The Morgan fingerprint density at radius 1 is 0.446 bits per heavy atom. The molecule has 3 heterocycles. The third-order valence-electron chi connectivity index (χ3n) is 16.4. The average Bonchev–Trinajstić information content (AvgIpc) is 2.56. The number of aromatic nitrogens is 2. The quantitative estimate of drug-likeness (QED) is 0.128. The highest BCUT2D eigenvalue weighted by Gasteiger charge is 2.41. The van der Waals surface area contributed by atoms with Gasteiger partial charge in [0.2, 0.25) is 11.4 Å². The van der Waals surface area contributed by atoms with Crippen molar-refractivity contribution in [2.45, 2.75) is 144 Å². The van der Waals surface area contributed by atoms with Crippen LogP contribution in [0.1, 0.15) is 156 Å². The molecule has 0 unspecified atom stereocenters. The second-order valence-corrected chi connectivity index (χ2v) is 27.6. The molecule has 1 aliphatic heterocycles. The van der Waals surface area contributed by atoms with Gasteiger partial charge < -0.3 is 4.74 Å². The Morgan fingerprint density at radius 2 is 0.976 bits per heavy atom. The zero-order valence-corrected chi connectivity index (χ0v) is 51.3. The van der Waals surface area contributed by atoms with Gasteiger partial charge in [-0.25, -0.2) is 13.8 Å². The summed E-state index contributed by atoms with van der Waals surface area (Å²) in [6.07, 6.45) is 1.91. The minimum absolute atomic E-state index is 0.0750. The maximum atomic E-state index is 15.7. The molecule has 83 heavy (non-hydrogen) atoms. The number of nitrogens with zero attached hydrogens (tertiary/aromatic N) is 4. The van der Waals surface area contributed by atoms with Gasteiger partial charge in [0.15, 0.2) is 0 Å². The van der Waals surface area contributed by atoms with Crippen molar-refractivity contribution in [3.63, 3.8) is 0 Å². The van der Waals surface area contributed by atoms with E-state index in [-0.39, 0.29) is 33.5 Å². The molecule has 0 amide bonds. The van der Waals surface area contributed by atoms with Gasteiger partial charge in [-0.1, -0.05) is 178 Å². The first-order valence-corrected chi connectivity index (χ1v) is 29.3. The molecule has 0 radical (unpaired) electrons. The van der Waals surface area contributed by atoms with E-state index in [1.165, 1.54) is 39.9 Å². The maximum Gasteiger partial charge on any atom is 0.503 e. The molecule has 0 fully saturated rings. The van der Waals surface area contributed by atoms with Crippen molar-refractivity contribution in [1.82, 2.24) is 18.7 Å². The van der Waals surface area contributed by atoms with Gasteiger partial charge >= 0.3 is 6.01 Å². The molecule has 10 aromatic rings. The Hall–Kier alpha value is -8.25. The second kappa shape index (κ2) is 20.9. The van der Waals surface area contributed by atoms with Crippen LogP contribution < -0.4 is 13.9 Å². The van der Waals surface area contributed by atoms with Crippen molar-refractivity contribution in [2.24, 2.45) is 0 Å². The summed E-state index contributed by atoms with van der Waals surface area (Å²) in [4.78, 5) is 4.97. The van der Waals surface area contributed by atoms with Crippen LogP contribution in [0.5, 0.6) is 11.5 Å². The lowest BCUT2D eigenvalue weighted by Crippen LogP contribution is -2.16. The average molecular weight is 1100 g/mol. The summed E-state index contributed by atoms with van der Waals surface area (Å²) in [5.41, 5.74) is 17.0. The van der Waals surface area contributed by atoms with E-state index in [1.54, 1.807) is 0 Å². The Labute approximate surface area is 490 Å². The van der Waals surface area contributed by atoms with Crippen molar-refractivity contribution >= 4 is 50.6 Å². The molecule has 0 N–H and O–H groups in total.